The van der Waals surface area contributed by atoms with Crippen molar-refractivity contribution in [3.63, 3.8) is 0 Å². The molecular formula is C12H16O. The largest absolute Gasteiger partial charge is 0.371 e. The maximum Gasteiger partial charge on any atom is 0.0906 e. The first kappa shape index (κ1) is 8.76. The fourth-order valence-electron chi connectivity index (χ4n) is 2.16. The molecule has 13 heavy (non-hydrogen) atoms. The minimum Gasteiger partial charge on any atom is -0.371 e. The fourth-order valence-corrected chi connectivity index (χ4v) is 2.16. The predicted octanol–water partition coefficient (Wildman–Crippen LogP) is 3.02. The van der Waals surface area contributed by atoms with Crippen LogP contribution in [0, 0.1) is 6.92 Å². The zero-order chi connectivity index (χ0) is 9.31. The second-order valence-corrected chi connectivity index (χ2v) is 4.00. The van der Waals surface area contributed by atoms with Gasteiger partial charge in [0.05, 0.1) is 5.60 Å². The highest BCUT2D eigenvalue weighted by atomic mass is 16.5. The number of hydrogen-bond donors (Lipinski definition) is 0. The topological polar surface area (TPSA) is 9.23 Å². The van der Waals surface area contributed by atoms with E-state index in [2.05, 4.69) is 38.1 Å². The summed E-state index contributed by atoms with van der Waals surface area (Å²) in [5, 5.41) is 0. The highest BCUT2D eigenvalue weighted by molar-refractivity contribution is 5.31. The molecule has 1 aromatic rings. The van der Waals surface area contributed by atoms with Crippen molar-refractivity contribution in [2.45, 2.75) is 32.3 Å². The van der Waals surface area contributed by atoms with Crippen molar-refractivity contribution in [3.05, 3.63) is 35.4 Å². The molecular weight excluding hydrogens is 160 g/mol. The lowest BCUT2D eigenvalue weighted by Gasteiger charge is -2.25. The van der Waals surface area contributed by atoms with Gasteiger partial charge in [-0.05, 0) is 37.8 Å². The molecule has 1 fully saturated rings. The van der Waals surface area contributed by atoms with Crippen LogP contribution in [0.25, 0.3) is 0 Å². The SMILES string of the molecule is Cc1ccccc1[C@]1(C)CCCO1. The van der Waals surface area contributed by atoms with Crippen LogP contribution >= 0.6 is 0 Å². The molecule has 0 unspecified atom stereocenters. The Kier molecular flexibility index (Phi) is 2.12. The molecule has 1 aliphatic heterocycles. The minimum atomic E-state index is -0.0225. The summed E-state index contributed by atoms with van der Waals surface area (Å²) in [6, 6.07) is 8.51. The Labute approximate surface area is 79.7 Å². The Morgan fingerprint density at radius 2 is 2.08 bits per heavy atom. The van der Waals surface area contributed by atoms with Crippen molar-refractivity contribution in [1.82, 2.24) is 0 Å². The van der Waals surface area contributed by atoms with Crippen molar-refractivity contribution in [2.75, 3.05) is 6.61 Å². The lowest BCUT2D eigenvalue weighted by atomic mass is 9.90. The molecule has 0 radical (unpaired) electrons. The van der Waals surface area contributed by atoms with Crippen molar-refractivity contribution in [2.24, 2.45) is 0 Å². The van der Waals surface area contributed by atoms with E-state index in [9.17, 15) is 0 Å². The van der Waals surface area contributed by atoms with E-state index >= 15 is 0 Å². The van der Waals surface area contributed by atoms with Gasteiger partial charge >= 0.3 is 0 Å². The van der Waals surface area contributed by atoms with Gasteiger partial charge in [-0.1, -0.05) is 24.3 Å². The molecule has 0 saturated carbocycles. The van der Waals surface area contributed by atoms with E-state index in [1.54, 1.807) is 0 Å². The van der Waals surface area contributed by atoms with Gasteiger partial charge < -0.3 is 4.74 Å². The van der Waals surface area contributed by atoms with Crippen molar-refractivity contribution in [1.29, 1.82) is 0 Å². The monoisotopic (exact) mass is 176 g/mol. The average Bonchev–Trinajstić information content (AvgIpc) is 2.54. The van der Waals surface area contributed by atoms with E-state index in [1.165, 1.54) is 17.5 Å². The maximum atomic E-state index is 5.81. The van der Waals surface area contributed by atoms with Crippen LogP contribution < -0.4 is 0 Å². The molecule has 1 heteroatoms. The first-order valence-electron chi connectivity index (χ1n) is 4.92. The Hall–Kier alpha value is -0.820. The minimum absolute atomic E-state index is 0.0225. The van der Waals surface area contributed by atoms with Crippen LogP contribution in [0.5, 0.6) is 0 Å². The van der Waals surface area contributed by atoms with Gasteiger partial charge in [0, 0.05) is 6.61 Å². The van der Waals surface area contributed by atoms with Gasteiger partial charge in [0.15, 0.2) is 0 Å². The van der Waals surface area contributed by atoms with E-state index in [-0.39, 0.29) is 5.60 Å². The number of benzene rings is 1. The lowest BCUT2D eigenvalue weighted by Crippen LogP contribution is -2.20. The first-order valence-corrected chi connectivity index (χ1v) is 4.92. The third kappa shape index (κ3) is 1.49. The van der Waals surface area contributed by atoms with E-state index in [1.807, 2.05) is 0 Å². The number of ether oxygens (including phenoxy) is 1. The molecule has 70 valence electrons. The molecule has 1 saturated heterocycles. The Morgan fingerprint density at radius 1 is 1.31 bits per heavy atom. The van der Waals surface area contributed by atoms with Crippen LogP contribution in [0.2, 0.25) is 0 Å². The van der Waals surface area contributed by atoms with Crippen molar-refractivity contribution in [3.8, 4) is 0 Å². The van der Waals surface area contributed by atoms with Crippen molar-refractivity contribution < 1.29 is 4.74 Å². The quantitative estimate of drug-likeness (QED) is 0.639. The van der Waals surface area contributed by atoms with Crippen LogP contribution in [0.15, 0.2) is 24.3 Å². The van der Waals surface area contributed by atoms with Gasteiger partial charge in [0.1, 0.15) is 0 Å². The summed E-state index contributed by atoms with van der Waals surface area (Å²) in [5.74, 6) is 0. The molecule has 0 aromatic heterocycles. The average molecular weight is 176 g/mol. The summed E-state index contributed by atoms with van der Waals surface area (Å²) < 4.78 is 5.81. The number of aryl methyl sites for hydroxylation is 1. The van der Waals surface area contributed by atoms with E-state index in [4.69, 9.17) is 4.74 Å². The second kappa shape index (κ2) is 3.15. The molecule has 1 aromatic carbocycles. The lowest BCUT2D eigenvalue weighted by molar-refractivity contribution is 0.0163. The molecule has 0 bridgehead atoms. The van der Waals surface area contributed by atoms with Crippen LogP contribution in [0.4, 0.5) is 0 Å². The number of hydrogen-bond acceptors (Lipinski definition) is 1. The smallest absolute Gasteiger partial charge is 0.0906 e. The molecule has 1 nitrogen and oxygen atoms in total. The van der Waals surface area contributed by atoms with E-state index in [0.29, 0.717) is 0 Å². The Balaban J connectivity index is 2.39. The van der Waals surface area contributed by atoms with E-state index < -0.39 is 0 Å². The predicted molar refractivity (Wildman–Crippen MR) is 53.7 cm³/mol. The van der Waals surface area contributed by atoms with Crippen molar-refractivity contribution >= 4 is 0 Å². The van der Waals surface area contributed by atoms with Crippen LogP contribution in [0.3, 0.4) is 0 Å². The van der Waals surface area contributed by atoms with Crippen LogP contribution in [-0.4, -0.2) is 6.61 Å². The molecule has 1 aliphatic rings. The molecule has 0 spiro atoms. The maximum absolute atomic E-state index is 5.81. The van der Waals surface area contributed by atoms with Gasteiger partial charge in [-0.15, -0.1) is 0 Å². The zero-order valence-electron chi connectivity index (χ0n) is 8.34. The summed E-state index contributed by atoms with van der Waals surface area (Å²) in [6.45, 7) is 5.26. The summed E-state index contributed by atoms with van der Waals surface area (Å²) in [5.41, 5.74) is 2.67. The highest BCUT2D eigenvalue weighted by Crippen LogP contribution is 2.36. The summed E-state index contributed by atoms with van der Waals surface area (Å²) >= 11 is 0. The van der Waals surface area contributed by atoms with Crippen LogP contribution in [-0.2, 0) is 10.3 Å². The van der Waals surface area contributed by atoms with Gasteiger partial charge in [0.2, 0.25) is 0 Å². The van der Waals surface area contributed by atoms with Crippen LogP contribution in [0.1, 0.15) is 30.9 Å². The van der Waals surface area contributed by atoms with Gasteiger partial charge in [0.25, 0.3) is 0 Å². The molecule has 1 atom stereocenters. The van der Waals surface area contributed by atoms with Gasteiger partial charge in [-0.25, -0.2) is 0 Å². The van der Waals surface area contributed by atoms with E-state index in [0.717, 1.165) is 13.0 Å². The Morgan fingerprint density at radius 3 is 2.69 bits per heavy atom. The normalized spacial score (nSPS) is 27.8. The third-order valence-corrected chi connectivity index (χ3v) is 2.93. The standard InChI is InChI=1S/C12H16O/c1-10-6-3-4-7-11(10)12(2)8-5-9-13-12/h3-4,6-7H,5,8-9H2,1-2H3/t12-/m0/s1. The second-order valence-electron chi connectivity index (χ2n) is 4.00. The molecule has 0 aliphatic carbocycles. The summed E-state index contributed by atoms with van der Waals surface area (Å²) in [6.07, 6.45) is 2.34. The molecule has 0 amide bonds. The van der Waals surface area contributed by atoms with Gasteiger partial charge in [-0.3, -0.25) is 0 Å². The first-order chi connectivity index (χ1) is 6.22. The molecule has 0 N–H and O–H groups in total. The molecule has 1 heterocycles. The molecule has 2 rings (SSSR count). The fraction of sp³-hybridized carbons (Fsp3) is 0.500. The third-order valence-electron chi connectivity index (χ3n) is 2.93. The summed E-state index contributed by atoms with van der Waals surface area (Å²) in [4.78, 5) is 0. The zero-order valence-corrected chi connectivity index (χ0v) is 8.34. The highest BCUT2D eigenvalue weighted by Gasteiger charge is 2.32. The number of rotatable bonds is 1. The Bertz CT molecular complexity index is 298. The van der Waals surface area contributed by atoms with Gasteiger partial charge in [-0.2, -0.15) is 0 Å². The summed E-state index contributed by atoms with van der Waals surface area (Å²) in [7, 11) is 0.